The maximum absolute atomic E-state index is 11.5. The van der Waals surface area contributed by atoms with Crippen molar-refractivity contribution in [3.63, 3.8) is 0 Å². The maximum atomic E-state index is 11.5. The fourth-order valence-corrected chi connectivity index (χ4v) is 1.89. The first-order valence-electron chi connectivity index (χ1n) is 6.51. The quantitative estimate of drug-likeness (QED) is 0.821. The lowest BCUT2D eigenvalue weighted by Crippen LogP contribution is -2.32. The average molecular weight is 291 g/mol. The molecule has 1 aromatic carbocycles. The van der Waals surface area contributed by atoms with Crippen LogP contribution in [0.5, 0.6) is 0 Å². The molecule has 1 aromatic heterocycles. The summed E-state index contributed by atoms with van der Waals surface area (Å²) in [6.45, 7) is 1.18. The van der Waals surface area contributed by atoms with Crippen LogP contribution in [0.1, 0.15) is 18.8 Å². The minimum absolute atomic E-state index is 0.233. The third kappa shape index (κ3) is 4.06. The lowest BCUT2D eigenvalue weighted by Gasteiger charge is -2.13. The number of nitrogens with one attached hydrogen (secondary N) is 1. The van der Waals surface area contributed by atoms with E-state index < -0.39 is 12.1 Å². The summed E-state index contributed by atoms with van der Waals surface area (Å²) < 4.78 is 15.6. The molecule has 112 valence electrons. The van der Waals surface area contributed by atoms with Crippen LogP contribution in [0.3, 0.4) is 0 Å². The Hall–Kier alpha value is -2.34. The first-order valence-corrected chi connectivity index (χ1v) is 6.51. The molecule has 0 aliphatic rings. The highest BCUT2D eigenvalue weighted by atomic mass is 16.5. The average Bonchev–Trinajstić information content (AvgIpc) is 2.89. The van der Waals surface area contributed by atoms with E-state index >= 15 is 0 Å². The number of benzene rings is 1. The Kier molecular flexibility index (Phi) is 4.94. The van der Waals surface area contributed by atoms with Gasteiger partial charge in [-0.3, -0.25) is 9.59 Å². The molecule has 0 saturated heterocycles. The molecule has 6 heteroatoms. The fourth-order valence-electron chi connectivity index (χ4n) is 1.89. The third-order valence-corrected chi connectivity index (χ3v) is 2.94. The molecule has 6 nitrogen and oxygen atoms in total. The number of rotatable bonds is 6. The summed E-state index contributed by atoms with van der Waals surface area (Å²) in [4.78, 5) is 22.1. The van der Waals surface area contributed by atoms with Crippen molar-refractivity contribution in [2.45, 2.75) is 13.0 Å². The van der Waals surface area contributed by atoms with E-state index in [0.717, 1.165) is 11.0 Å². The van der Waals surface area contributed by atoms with Crippen LogP contribution in [0.4, 0.5) is 0 Å². The van der Waals surface area contributed by atoms with Crippen molar-refractivity contribution < 1.29 is 23.5 Å². The van der Waals surface area contributed by atoms with Gasteiger partial charge in [-0.25, -0.2) is 0 Å². The number of esters is 1. The molecule has 0 fully saturated rings. The van der Waals surface area contributed by atoms with Crippen molar-refractivity contribution >= 4 is 22.8 Å². The van der Waals surface area contributed by atoms with Gasteiger partial charge in [0.15, 0.2) is 6.61 Å². The summed E-state index contributed by atoms with van der Waals surface area (Å²) in [6, 6.07) is 9.49. The number of amides is 1. The Labute approximate surface area is 122 Å². The van der Waals surface area contributed by atoms with E-state index in [1.54, 1.807) is 0 Å². The standard InChI is InChI=1S/C15H17NO5/c1-10(17)20-9-15(18)16-8-14(19-2)13-7-11-5-3-4-6-12(11)21-13/h3-7,14H,8-9H2,1-2H3,(H,16,18). The Morgan fingerprint density at radius 1 is 1.33 bits per heavy atom. The number of methoxy groups -OCH3 is 1. The molecule has 0 spiro atoms. The van der Waals surface area contributed by atoms with Crippen molar-refractivity contribution in [2.75, 3.05) is 20.3 Å². The van der Waals surface area contributed by atoms with E-state index in [2.05, 4.69) is 10.1 Å². The molecule has 2 rings (SSSR count). The number of ether oxygens (including phenoxy) is 2. The van der Waals surface area contributed by atoms with Gasteiger partial charge in [0.1, 0.15) is 17.4 Å². The van der Waals surface area contributed by atoms with Crippen LogP contribution in [0.15, 0.2) is 34.7 Å². The monoisotopic (exact) mass is 291 g/mol. The zero-order chi connectivity index (χ0) is 15.2. The Bertz CT molecular complexity index is 601. The first-order chi connectivity index (χ1) is 10.1. The lowest BCUT2D eigenvalue weighted by molar-refractivity contribution is -0.146. The van der Waals surface area contributed by atoms with Crippen molar-refractivity contribution in [1.29, 1.82) is 0 Å². The van der Waals surface area contributed by atoms with Gasteiger partial charge >= 0.3 is 5.97 Å². The summed E-state index contributed by atoms with van der Waals surface area (Å²) in [6.07, 6.45) is -0.404. The normalized spacial score (nSPS) is 12.1. The zero-order valence-corrected chi connectivity index (χ0v) is 11.9. The van der Waals surface area contributed by atoms with E-state index in [4.69, 9.17) is 9.15 Å². The van der Waals surface area contributed by atoms with Crippen LogP contribution in [-0.2, 0) is 19.1 Å². The van der Waals surface area contributed by atoms with Gasteiger partial charge in [0.25, 0.3) is 5.91 Å². The first kappa shape index (κ1) is 15.1. The largest absolute Gasteiger partial charge is 0.458 e. The Morgan fingerprint density at radius 3 is 2.76 bits per heavy atom. The molecule has 1 atom stereocenters. The van der Waals surface area contributed by atoms with Gasteiger partial charge in [0.2, 0.25) is 0 Å². The molecule has 1 amide bonds. The van der Waals surface area contributed by atoms with Gasteiger partial charge in [-0.2, -0.15) is 0 Å². The Morgan fingerprint density at radius 2 is 2.10 bits per heavy atom. The van der Waals surface area contributed by atoms with Crippen LogP contribution < -0.4 is 5.32 Å². The van der Waals surface area contributed by atoms with Crippen LogP contribution in [-0.4, -0.2) is 32.1 Å². The van der Waals surface area contributed by atoms with Gasteiger partial charge in [0, 0.05) is 19.4 Å². The number of furan rings is 1. The van der Waals surface area contributed by atoms with Crippen LogP contribution in [0.2, 0.25) is 0 Å². The number of para-hydroxylation sites is 1. The van der Waals surface area contributed by atoms with E-state index in [-0.39, 0.29) is 19.1 Å². The number of carbonyl (C=O) groups is 2. The molecule has 0 radical (unpaired) electrons. The summed E-state index contributed by atoms with van der Waals surface area (Å²) in [5.41, 5.74) is 0.765. The minimum Gasteiger partial charge on any atom is -0.458 e. The summed E-state index contributed by atoms with van der Waals surface area (Å²) in [5.74, 6) is -0.249. The fraction of sp³-hybridized carbons (Fsp3) is 0.333. The van der Waals surface area contributed by atoms with E-state index in [9.17, 15) is 9.59 Å². The van der Waals surface area contributed by atoms with E-state index in [1.165, 1.54) is 14.0 Å². The number of hydrogen-bond acceptors (Lipinski definition) is 5. The highest BCUT2D eigenvalue weighted by Crippen LogP contribution is 2.25. The second-order valence-electron chi connectivity index (χ2n) is 4.50. The predicted octanol–water partition coefficient (Wildman–Crippen LogP) is 1.80. The van der Waals surface area contributed by atoms with E-state index in [1.807, 2.05) is 30.3 Å². The second-order valence-corrected chi connectivity index (χ2v) is 4.50. The molecule has 1 heterocycles. The smallest absolute Gasteiger partial charge is 0.303 e. The number of fused-ring (bicyclic) bond motifs is 1. The van der Waals surface area contributed by atoms with Crippen molar-refractivity contribution in [3.05, 3.63) is 36.1 Å². The van der Waals surface area contributed by atoms with Gasteiger partial charge in [-0.1, -0.05) is 18.2 Å². The van der Waals surface area contributed by atoms with Crippen LogP contribution in [0, 0.1) is 0 Å². The molecule has 0 aliphatic heterocycles. The Balaban J connectivity index is 1.96. The highest BCUT2D eigenvalue weighted by Gasteiger charge is 2.17. The second kappa shape index (κ2) is 6.90. The van der Waals surface area contributed by atoms with Gasteiger partial charge in [-0.15, -0.1) is 0 Å². The van der Waals surface area contributed by atoms with Crippen LogP contribution in [0.25, 0.3) is 11.0 Å². The zero-order valence-electron chi connectivity index (χ0n) is 11.9. The molecular formula is C15H17NO5. The maximum Gasteiger partial charge on any atom is 0.303 e. The highest BCUT2D eigenvalue weighted by molar-refractivity contribution is 5.80. The lowest BCUT2D eigenvalue weighted by atomic mass is 10.2. The van der Waals surface area contributed by atoms with Crippen molar-refractivity contribution in [1.82, 2.24) is 5.32 Å². The molecule has 0 aliphatic carbocycles. The summed E-state index contributed by atoms with van der Waals surface area (Å²) >= 11 is 0. The summed E-state index contributed by atoms with van der Waals surface area (Å²) in [5, 5.41) is 3.60. The van der Waals surface area contributed by atoms with E-state index in [0.29, 0.717) is 5.76 Å². The van der Waals surface area contributed by atoms with Crippen LogP contribution >= 0.6 is 0 Å². The third-order valence-electron chi connectivity index (χ3n) is 2.94. The number of hydrogen-bond donors (Lipinski definition) is 1. The van der Waals surface area contributed by atoms with Gasteiger partial charge < -0.3 is 19.2 Å². The van der Waals surface area contributed by atoms with Gasteiger partial charge in [-0.05, 0) is 12.1 Å². The van der Waals surface area contributed by atoms with Crippen molar-refractivity contribution in [3.8, 4) is 0 Å². The molecule has 2 aromatic rings. The molecule has 0 saturated carbocycles. The minimum atomic E-state index is -0.495. The SMILES string of the molecule is COC(CNC(=O)COC(C)=O)c1cc2ccccc2o1. The molecular weight excluding hydrogens is 274 g/mol. The molecule has 1 unspecified atom stereocenters. The molecule has 21 heavy (non-hydrogen) atoms. The summed E-state index contributed by atoms with van der Waals surface area (Å²) in [7, 11) is 1.54. The topological polar surface area (TPSA) is 77.8 Å². The number of carbonyl (C=O) groups excluding carboxylic acids is 2. The predicted molar refractivity (Wildman–Crippen MR) is 75.6 cm³/mol. The van der Waals surface area contributed by atoms with Gasteiger partial charge in [0.05, 0.1) is 6.54 Å². The molecule has 1 N–H and O–H groups in total. The molecule has 0 bridgehead atoms. The van der Waals surface area contributed by atoms with Crippen molar-refractivity contribution in [2.24, 2.45) is 0 Å².